The predicted molar refractivity (Wildman–Crippen MR) is 65.3 cm³/mol. The van der Waals surface area contributed by atoms with Crippen molar-refractivity contribution in [3.05, 3.63) is 12.2 Å². The fraction of sp³-hybridized carbons (Fsp3) is 0.714. The van der Waals surface area contributed by atoms with Crippen LogP contribution in [0.1, 0.15) is 25.7 Å². The third-order valence-corrected chi connectivity index (χ3v) is 5.18. The van der Waals surface area contributed by atoms with Crippen molar-refractivity contribution >= 4 is 11.9 Å². The van der Waals surface area contributed by atoms with Gasteiger partial charge in [-0.3, -0.25) is 9.59 Å². The van der Waals surface area contributed by atoms with Crippen LogP contribution in [-0.2, 0) is 14.3 Å². The Morgan fingerprint density at radius 1 is 1.42 bits per heavy atom. The number of fused-ring (bicyclic) bond motifs is 1. The SMILES string of the molecule is O=C(O)[C@@H]1[C@H]2C(=O)N(C3CCCC3)C[C@]23C=C[C@H]1O3. The zero-order chi connectivity index (χ0) is 13.2. The van der Waals surface area contributed by atoms with E-state index in [0.29, 0.717) is 6.54 Å². The Hall–Kier alpha value is -1.36. The van der Waals surface area contributed by atoms with E-state index in [2.05, 4.69) is 0 Å². The zero-order valence-electron chi connectivity index (χ0n) is 10.6. The second kappa shape index (κ2) is 3.60. The van der Waals surface area contributed by atoms with Crippen molar-refractivity contribution in [1.29, 1.82) is 0 Å². The number of hydrogen-bond donors (Lipinski definition) is 1. The van der Waals surface area contributed by atoms with Crippen molar-refractivity contribution in [2.75, 3.05) is 6.54 Å². The molecule has 0 aromatic rings. The van der Waals surface area contributed by atoms with Crippen LogP contribution in [-0.4, -0.2) is 46.2 Å². The topological polar surface area (TPSA) is 66.8 Å². The van der Waals surface area contributed by atoms with Crippen LogP contribution in [0.2, 0.25) is 0 Å². The molecule has 1 N–H and O–H groups in total. The van der Waals surface area contributed by atoms with Gasteiger partial charge >= 0.3 is 5.97 Å². The molecule has 1 spiro atoms. The summed E-state index contributed by atoms with van der Waals surface area (Å²) in [6, 6.07) is 0.290. The highest BCUT2D eigenvalue weighted by atomic mass is 16.5. The molecule has 5 heteroatoms. The van der Waals surface area contributed by atoms with Crippen LogP contribution in [0.25, 0.3) is 0 Å². The summed E-state index contributed by atoms with van der Waals surface area (Å²) in [6.07, 6.45) is 7.73. The molecule has 1 saturated carbocycles. The Morgan fingerprint density at radius 2 is 2.16 bits per heavy atom. The van der Waals surface area contributed by atoms with Crippen molar-refractivity contribution in [2.24, 2.45) is 11.8 Å². The first-order valence-corrected chi connectivity index (χ1v) is 7.03. The first-order valence-electron chi connectivity index (χ1n) is 7.03. The van der Waals surface area contributed by atoms with E-state index in [0.717, 1.165) is 25.7 Å². The van der Waals surface area contributed by atoms with Crippen LogP contribution in [0.3, 0.4) is 0 Å². The summed E-state index contributed by atoms with van der Waals surface area (Å²) in [5, 5.41) is 9.36. The molecular formula is C14H17NO4. The van der Waals surface area contributed by atoms with Gasteiger partial charge in [0.05, 0.1) is 18.6 Å². The van der Waals surface area contributed by atoms with E-state index in [1.165, 1.54) is 0 Å². The Labute approximate surface area is 111 Å². The maximum absolute atomic E-state index is 12.6. The summed E-state index contributed by atoms with van der Waals surface area (Å²) in [7, 11) is 0. The van der Waals surface area contributed by atoms with Gasteiger partial charge in [-0.15, -0.1) is 0 Å². The Balaban J connectivity index is 1.69. The quantitative estimate of drug-likeness (QED) is 0.748. The molecule has 19 heavy (non-hydrogen) atoms. The number of amides is 1. The molecule has 3 aliphatic heterocycles. The molecule has 1 amide bonds. The lowest BCUT2D eigenvalue weighted by atomic mass is 9.77. The van der Waals surface area contributed by atoms with E-state index >= 15 is 0 Å². The van der Waals surface area contributed by atoms with Gasteiger partial charge in [0.1, 0.15) is 11.5 Å². The molecule has 1 aliphatic carbocycles. The normalized spacial score (nSPS) is 44.3. The van der Waals surface area contributed by atoms with E-state index in [1.807, 2.05) is 17.1 Å². The number of nitrogens with zero attached hydrogens (tertiary/aromatic N) is 1. The number of carbonyl (C=O) groups is 2. The van der Waals surface area contributed by atoms with E-state index in [1.54, 1.807) is 0 Å². The van der Waals surface area contributed by atoms with Crippen LogP contribution in [0.4, 0.5) is 0 Å². The van der Waals surface area contributed by atoms with Gasteiger partial charge in [0.15, 0.2) is 0 Å². The van der Waals surface area contributed by atoms with Gasteiger partial charge in [-0.1, -0.05) is 25.0 Å². The minimum Gasteiger partial charge on any atom is -0.481 e. The van der Waals surface area contributed by atoms with E-state index in [9.17, 15) is 14.7 Å². The number of carbonyl (C=O) groups excluding carboxylic acids is 1. The molecule has 0 unspecified atom stereocenters. The molecule has 4 aliphatic rings. The summed E-state index contributed by atoms with van der Waals surface area (Å²) in [5.41, 5.74) is -0.659. The summed E-state index contributed by atoms with van der Waals surface area (Å²) in [6.45, 7) is 0.540. The highest BCUT2D eigenvalue weighted by Crippen LogP contribution is 2.52. The summed E-state index contributed by atoms with van der Waals surface area (Å²) >= 11 is 0. The number of carboxylic acid groups (broad SMARTS) is 1. The predicted octanol–water partition coefficient (Wildman–Crippen LogP) is 0.796. The van der Waals surface area contributed by atoms with E-state index < -0.39 is 29.5 Å². The van der Waals surface area contributed by atoms with Crippen LogP contribution < -0.4 is 0 Å². The monoisotopic (exact) mass is 263 g/mol. The van der Waals surface area contributed by atoms with Gasteiger partial charge in [-0.25, -0.2) is 0 Å². The Bertz CT molecular complexity index is 482. The second-order valence-electron chi connectivity index (χ2n) is 6.14. The van der Waals surface area contributed by atoms with Crippen LogP contribution in [0, 0.1) is 11.8 Å². The molecule has 5 nitrogen and oxygen atoms in total. The number of hydrogen-bond acceptors (Lipinski definition) is 3. The Kier molecular flexibility index (Phi) is 2.17. The third kappa shape index (κ3) is 1.34. The number of ether oxygens (including phenoxy) is 1. The maximum Gasteiger partial charge on any atom is 0.310 e. The molecule has 3 fully saturated rings. The molecular weight excluding hydrogens is 246 g/mol. The van der Waals surface area contributed by atoms with Gasteiger partial charge < -0.3 is 14.7 Å². The molecule has 102 valence electrons. The standard InChI is InChI=1S/C14H17NO4/c16-12-11-10(13(17)18)9-5-6-14(11,19-9)7-15(12)8-3-1-2-4-8/h5-6,8-11H,1-4,7H2,(H,17,18)/t9-,10+,11+,14-/m1/s1. The van der Waals surface area contributed by atoms with E-state index in [4.69, 9.17) is 4.74 Å². The van der Waals surface area contributed by atoms with Gasteiger partial charge in [0.25, 0.3) is 0 Å². The molecule has 3 heterocycles. The lowest BCUT2D eigenvalue weighted by Gasteiger charge is -2.26. The lowest BCUT2D eigenvalue weighted by Crippen LogP contribution is -2.40. The minimum absolute atomic E-state index is 0.00819. The number of aliphatic carboxylic acids is 1. The van der Waals surface area contributed by atoms with Crippen molar-refractivity contribution in [3.63, 3.8) is 0 Å². The maximum atomic E-state index is 12.6. The van der Waals surface area contributed by atoms with Gasteiger partial charge in [0.2, 0.25) is 5.91 Å². The number of carboxylic acids is 1. The summed E-state index contributed by atoms with van der Waals surface area (Å²) in [5.74, 6) is -2.14. The molecule has 0 radical (unpaired) electrons. The van der Waals surface area contributed by atoms with Crippen LogP contribution in [0.5, 0.6) is 0 Å². The molecule has 0 aromatic carbocycles. The Morgan fingerprint density at radius 3 is 2.84 bits per heavy atom. The molecule has 4 atom stereocenters. The minimum atomic E-state index is -0.914. The first kappa shape index (κ1) is 11.5. The van der Waals surface area contributed by atoms with E-state index in [-0.39, 0.29) is 11.9 Å². The number of likely N-dealkylation sites (tertiary alicyclic amines) is 1. The average Bonchev–Trinajstić information content (AvgIpc) is 3.09. The largest absolute Gasteiger partial charge is 0.481 e. The summed E-state index contributed by atoms with van der Waals surface area (Å²) in [4.78, 5) is 25.9. The van der Waals surface area contributed by atoms with Crippen molar-refractivity contribution in [1.82, 2.24) is 4.90 Å². The average molecular weight is 263 g/mol. The second-order valence-corrected chi connectivity index (χ2v) is 6.14. The van der Waals surface area contributed by atoms with Gasteiger partial charge in [-0.05, 0) is 12.8 Å². The molecule has 4 rings (SSSR count). The molecule has 0 aromatic heterocycles. The first-order chi connectivity index (χ1) is 9.12. The summed E-state index contributed by atoms with van der Waals surface area (Å²) < 4.78 is 5.86. The molecule has 2 bridgehead atoms. The lowest BCUT2D eigenvalue weighted by molar-refractivity contribution is -0.148. The highest BCUT2D eigenvalue weighted by molar-refractivity contribution is 5.91. The van der Waals surface area contributed by atoms with Gasteiger partial charge in [-0.2, -0.15) is 0 Å². The highest BCUT2D eigenvalue weighted by Gasteiger charge is 2.67. The fourth-order valence-corrected chi connectivity index (χ4v) is 4.34. The smallest absolute Gasteiger partial charge is 0.310 e. The van der Waals surface area contributed by atoms with Crippen molar-refractivity contribution in [2.45, 2.75) is 43.4 Å². The fourth-order valence-electron chi connectivity index (χ4n) is 4.34. The number of rotatable bonds is 2. The molecule has 2 saturated heterocycles. The van der Waals surface area contributed by atoms with Crippen LogP contribution >= 0.6 is 0 Å². The zero-order valence-corrected chi connectivity index (χ0v) is 10.6. The van der Waals surface area contributed by atoms with Crippen molar-refractivity contribution < 1.29 is 19.4 Å². The van der Waals surface area contributed by atoms with Crippen molar-refractivity contribution in [3.8, 4) is 0 Å². The van der Waals surface area contributed by atoms with Crippen LogP contribution in [0.15, 0.2) is 12.2 Å². The third-order valence-electron chi connectivity index (χ3n) is 5.18. The van der Waals surface area contributed by atoms with Gasteiger partial charge in [0, 0.05) is 6.04 Å².